The van der Waals surface area contributed by atoms with Crippen molar-refractivity contribution in [3.8, 4) is 5.75 Å². The number of aromatic nitrogens is 2. The summed E-state index contributed by atoms with van der Waals surface area (Å²) in [4.78, 5) is 10.1. The van der Waals surface area contributed by atoms with Crippen LogP contribution in [0.5, 0.6) is 5.75 Å². The number of halogens is 3. The van der Waals surface area contributed by atoms with Crippen molar-refractivity contribution in [1.29, 1.82) is 5.41 Å². The molecule has 3 N–H and O–H groups in total. The molecule has 1 aliphatic rings. The Labute approximate surface area is 195 Å². The van der Waals surface area contributed by atoms with Crippen LogP contribution in [0.25, 0.3) is 0 Å². The number of nitrogen functional groups attached to an aromatic ring is 1. The van der Waals surface area contributed by atoms with Gasteiger partial charge in [0.05, 0.1) is 15.8 Å². The molecule has 9 heteroatoms. The number of hydrogen-bond donors (Lipinski definition) is 2. The quantitative estimate of drug-likeness (QED) is 0.363. The van der Waals surface area contributed by atoms with Crippen LogP contribution < -0.4 is 15.4 Å². The van der Waals surface area contributed by atoms with Gasteiger partial charge in [0.1, 0.15) is 11.9 Å². The average molecular weight is 474 g/mol. The number of nitrogens with zero attached hydrogens (tertiary/aromatic N) is 3. The first-order valence-corrected chi connectivity index (χ1v) is 10.8. The molecule has 1 saturated heterocycles. The van der Waals surface area contributed by atoms with Crippen LogP contribution in [0.3, 0.4) is 0 Å². The fourth-order valence-corrected chi connectivity index (χ4v) is 4.40. The summed E-state index contributed by atoms with van der Waals surface area (Å²) in [6.07, 6.45) is 4.02. The number of nitrogens with two attached hydrogens (primary N) is 1. The fraction of sp³-hybridized carbons (Fsp3) is 0.261. The summed E-state index contributed by atoms with van der Waals surface area (Å²) in [5.41, 5.74) is 7.88. The Bertz CT molecular complexity index is 1160. The number of anilines is 2. The molecule has 3 heterocycles. The van der Waals surface area contributed by atoms with Crippen molar-refractivity contribution < 1.29 is 9.13 Å². The van der Waals surface area contributed by atoms with E-state index in [4.69, 9.17) is 39.1 Å². The van der Waals surface area contributed by atoms with Gasteiger partial charge >= 0.3 is 0 Å². The van der Waals surface area contributed by atoms with Gasteiger partial charge < -0.3 is 15.4 Å². The molecule has 1 aromatic carbocycles. The van der Waals surface area contributed by atoms with Gasteiger partial charge in [-0.3, -0.25) is 10.4 Å². The van der Waals surface area contributed by atoms with Crippen molar-refractivity contribution in [3.63, 3.8) is 0 Å². The van der Waals surface area contributed by atoms with Crippen LogP contribution in [0.15, 0.2) is 42.9 Å². The predicted octanol–water partition coefficient (Wildman–Crippen LogP) is 5.52. The second kappa shape index (κ2) is 8.92. The van der Waals surface area contributed by atoms with Crippen LogP contribution in [0.2, 0.25) is 10.0 Å². The Morgan fingerprint density at radius 2 is 1.91 bits per heavy atom. The van der Waals surface area contributed by atoms with Crippen LogP contribution in [0, 0.1) is 17.1 Å². The number of hydrogen-bond acceptors (Lipinski definition) is 6. The van der Waals surface area contributed by atoms with E-state index in [2.05, 4.69) is 16.9 Å². The molecule has 0 bridgehead atoms. The summed E-state index contributed by atoms with van der Waals surface area (Å²) < 4.78 is 20.7. The van der Waals surface area contributed by atoms with E-state index in [0.717, 1.165) is 13.1 Å². The molecule has 0 saturated carbocycles. The van der Waals surface area contributed by atoms with Gasteiger partial charge in [-0.05, 0) is 37.1 Å². The molecule has 6 nitrogen and oxygen atoms in total. The van der Waals surface area contributed by atoms with Gasteiger partial charge in [0.25, 0.3) is 0 Å². The zero-order valence-corrected chi connectivity index (χ0v) is 19.1. The van der Waals surface area contributed by atoms with Crippen molar-refractivity contribution in [2.45, 2.75) is 20.0 Å². The van der Waals surface area contributed by atoms with Crippen LogP contribution >= 0.6 is 23.2 Å². The minimum absolute atomic E-state index is 0.0514. The maximum atomic E-state index is 14.7. The SMILES string of the molecule is CC1CN(c2ncc(C(=N)c3cc(O[C@H](C)c4c(Cl)cncc4Cl)ccc3N)cc2F)C1. The third-order valence-corrected chi connectivity index (χ3v) is 5.98. The number of benzene rings is 1. The smallest absolute Gasteiger partial charge is 0.166 e. The zero-order chi connectivity index (χ0) is 23.0. The van der Waals surface area contributed by atoms with Crippen molar-refractivity contribution in [2.24, 2.45) is 5.92 Å². The molecule has 3 aromatic rings. The summed E-state index contributed by atoms with van der Waals surface area (Å²) in [5.74, 6) is 0.844. The molecule has 2 aromatic heterocycles. The van der Waals surface area contributed by atoms with Crippen molar-refractivity contribution in [3.05, 3.63) is 75.4 Å². The Morgan fingerprint density at radius 3 is 2.53 bits per heavy atom. The van der Waals surface area contributed by atoms with E-state index < -0.39 is 11.9 Å². The number of pyridine rings is 2. The third kappa shape index (κ3) is 4.36. The topological polar surface area (TPSA) is 88.1 Å². The van der Waals surface area contributed by atoms with Gasteiger partial charge in [-0.1, -0.05) is 30.1 Å². The highest BCUT2D eigenvalue weighted by Gasteiger charge is 2.26. The highest BCUT2D eigenvalue weighted by atomic mass is 35.5. The molecule has 0 spiro atoms. The predicted molar refractivity (Wildman–Crippen MR) is 126 cm³/mol. The Morgan fingerprint density at radius 1 is 1.22 bits per heavy atom. The number of nitrogens with one attached hydrogen (secondary N) is 1. The van der Waals surface area contributed by atoms with Crippen LogP contribution in [-0.2, 0) is 0 Å². The summed E-state index contributed by atoms with van der Waals surface area (Å²) in [6, 6.07) is 6.29. The molecule has 4 rings (SSSR count). The van der Waals surface area contributed by atoms with Gasteiger partial charge in [-0.2, -0.15) is 0 Å². The van der Waals surface area contributed by atoms with Gasteiger partial charge in [0, 0.05) is 54.1 Å². The van der Waals surface area contributed by atoms with Crippen LogP contribution in [-0.4, -0.2) is 28.8 Å². The molecule has 1 atom stereocenters. The minimum Gasteiger partial charge on any atom is -0.486 e. The normalized spacial score (nSPS) is 14.7. The summed E-state index contributed by atoms with van der Waals surface area (Å²) in [5, 5.41) is 9.37. The van der Waals surface area contributed by atoms with E-state index in [1.165, 1.54) is 24.7 Å². The number of ether oxygens (including phenoxy) is 1. The molecule has 0 amide bonds. The highest BCUT2D eigenvalue weighted by molar-refractivity contribution is 6.35. The van der Waals surface area contributed by atoms with E-state index in [1.807, 2.05) is 11.8 Å². The lowest BCUT2D eigenvalue weighted by molar-refractivity contribution is 0.227. The molecule has 1 fully saturated rings. The van der Waals surface area contributed by atoms with E-state index in [1.54, 1.807) is 18.2 Å². The molecule has 0 aliphatic carbocycles. The van der Waals surface area contributed by atoms with E-state index >= 15 is 0 Å². The molecule has 32 heavy (non-hydrogen) atoms. The van der Waals surface area contributed by atoms with Gasteiger partial charge in [0.15, 0.2) is 11.6 Å². The Kier molecular flexibility index (Phi) is 6.22. The lowest BCUT2D eigenvalue weighted by Gasteiger charge is -2.38. The second-order valence-corrected chi connectivity index (χ2v) is 8.75. The minimum atomic E-state index is -0.471. The average Bonchev–Trinajstić information content (AvgIpc) is 2.72. The summed E-state index contributed by atoms with van der Waals surface area (Å²) in [7, 11) is 0. The third-order valence-electron chi connectivity index (χ3n) is 5.38. The highest BCUT2D eigenvalue weighted by Crippen LogP contribution is 2.33. The van der Waals surface area contributed by atoms with Crippen LogP contribution in [0.1, 0.15) is 36.6 Å². The fourth-order valence-electron chi connectivity index (χ4n) is 3.73. The second-order valence-electron chi connectivity index (χ2n) is 7.94. The maximum absolute atomic E-state index is 14.7. The Balaban J connectivity index is 1.57. The van der Waals surface area contributed by atoms with Crippen molar-refractivity contribution in [1.82, 2.24) is 9.97 Å². The summed E-state index contributed by atoms with van der Waals surface area (Å²) >= 11 is 12.4. The molecular formula is C23H22Cl2FN5O. The lowest BCUT2D eigenvalue weighted by atomic mass is 10.0. The molecule has 166 valence electrons. The summed E-state index contributed by atoms with van der Waals surface area (Å²) in [6.45, 7) is 5.46. The van der Waals surface area contributed by atoms with E-state index in [0.29, 0.717) is 49.9 Å². The first-order valence-electron chi connectivity index (χ1n) is 10.1. The van der Waals surface area contributed by atoms with Crippen molar-refractivity contribution in [2.75, 3.05) is 23.7 Å². The molecular weight excluding hydrogens is 452 g/mol. The van der Waals surface area contributed by atoms with Gasteiger partial charge in [0.2, 0.25) is 0 Å². The van der Waals surface area contributed by atoms with Gasteiger partial charge in [-0.15, -0.1) is 0 Å². The van der Waals surface area contributed by atoms with Crippen LogP contribution in [0.4, 0.5) is 15.9 Å². The maximum Gasteiger partial charge on any atom is 0.166 e. The van der Waals surface area contributed by atoms with E-state index in [9.17, 15) is 4.39 Å². The molecule has 1 aliphatic heterocycles. The molecule has 0 radical (unpaired) electrons. The standard InChI is InChI=1S/C23H22Cl2FN5O/c1-12-10-31(11-12)23-19(26)5-14(7-30-23)22(28)16-6-15(3-4-20(16)27)32-13(2)21-17(24)8-29-9-18(21)25/h3-9,12-13,28H,10-11,27H2,1-2H3/t13-/m1/s1. The lowest BCUT2D eigenvalue weighted by Crippen LogP contribution is -2.46. The van der Waals surface area contributed by atoms with Crippen molar-refractivity contribution >= 4 is 40.4 Å². The molecule has 0 unspecified atom stereocenters. The number of rotatable bonds is 6. The largest absolute Gasteiger partial charge is 0.486 e. The first-order chi connectivity index (χ1) is 15.2. The first kappa shape index (κ1) is 22.3. The van der Waals surface area contributed by atoms with Gasteiger partial charge in [-0.25, -0.2) is 9.37 Å². The zero-order valence-electron chi connectivity index (χ0n) is 17.6. The Hall–Kier alpha value is -2.90. The van der Waals surface area contributed by atoms with E-state index in [-0.39, 0.29) is 5.71 Å². The monoisotopic (exact) mass is 473 g/mol.